The molecule has 0 heterocycles. The van der Waals surface area contributed by atoms with Gasteiger partial charge in [0.25, 0.3) is 0 Å². The average molecular weight is 304 g/mol. The molecule has 3 saturated carbocycles. The van der Waals surface area contributed by atoms with E-state index in [2.05, 4.69) is 6.92 Å². The Kier molecular flexibility index (Phi) is 3.00. The molecule has 120 valence electrons. The van der Waals surface area contributed by atoms with E-state index in [1.165, 1.54) is 5.57 Å². The lowest BCUT2D eigenvalue weighted by Gasteiger charge is -2.56. The van der Waals surface area contributed by atoms with E-state index in [9.17, 15) is 14.0 Å². The number of allylic oxidation sites excluding steroid dienone is 1. The van der Waals surface area contributed by atoms with Crippen LogP contribution in [0, 0.1) is 28.6 Å². The number of carbonyl (C=O) groups is 2. The number of rotatable bonds is 0. The monoisotopic (exact) mass is 304 g/mol. The molecule has 0 aromatic carbocycles. The van der Waals surface area contributed by atoms with E-state index in [4.69, 9.17) is 0 Å². The minimum Gasteiger partial charge on any atom is -0.296 e. The zero-order chi connectivity index (χ0) is 15.7. The van der Waals surface area contributed by atoms with Gasteiger partial charge in [-0.3, -0.25) is 9.59 Å². The molecule has 4 rings (SSSR count). The summed E-state index contributed by atoms with van der Waals surface area (Å²) >= 11 is 0. The number of alkyl halides is 1. The SMILES string of the molecule is C[C@]12CCC(=O)C=C1CC[C@@H]1[C@@H]2CC[C@]2(C)C(=O)[C@@H](F)C[C@@H]12. The fraction of sp³-hybridized carbons (Fsp3) is 0.789. The van der Waals surface area contributed by atoms with Gasteiger partial charge >= 0.3 is 0 Å². The molecule has 4 aliphatic rings. The summed E-state index contributed by atoms with van der Waals surface area (Å²) in [5, 5.41) is 0. The van der Waals surface area contributed by atoms with Crippen molar-refractivity contribution in [3.63, 3.8) is 0 Å². The second-order valence-electron chi connectivity index (χ2n) is 8.49. The molecule has 0 unspecified atom stereocenters. The first kappa shape index (κ1) is 14.6. The van der Waals surface area contributed by atoms with Crippen molar-refractivity contribution in [2.75, 3.05) is 0 Å². The molecule has 0 amide bonds. The maximum atomic E-state index is 14.1. The molecular weight excluding hydrogens is 279 g/mol. The summed E-state index contributed by atoms with van der Waals surface area (Å²) in [5.74, 6) is 1.33. The zero-order valence-corrected chi connectivity index (χ0v) is 13.5. The third-order valence-corrected chi connectivity index (χ3v) is 7.66. The van der Waals surface area contributed by atoms with E-state index in [0.29, 0.717) is 24.7 Å². The van der Waals surface area contributed by atoms with Gasteiger partial charge in [-0.05, 0) is 67.8 Å². The Hall–Kier alpha value is -0.990. The smallest absolute Gasteiger partial charge is 0.173 e. The summed E-state index contributed by atoms with van der Waals surface area (Å²) in [6.07, 6.45) is 6.50. The minimum absolute atomic E-state index is 0.107. The van der Waals surface area contributed by atoms with E-state index >= 15 is 0 Å². The van der Waals surface area contributed by atoms with Crippen LogP contribution in [0.25, 0.3) is 0 Å². The molecule has 0 N–H and O–H groups in total. The Bertz CT molecular complexity index is 580. The van der Waals surface area contributed by atoms with Crippen molar-refractivity contribution in [1.29, 1.82) is 0 Å². The molecule has 0 radical (unpaired) electrons. The van der Waals surface area contributed by atoms with Crippen LogP contribution < -0.4 is 0 Å². The predicted molar refractivity (Wildman–Crippen MR) is 82.0 cm³/mol. The van der Waals surface area contributed by atoms with Gasteiger partial charge in [0.2, 0.25) is 0 Å². The third-order valence-electron chi connectivity index (χ3n) is 7.66. The Morgan fingerprint density at radius 1 is 1.05 bits per heavy atom. The zero-order valence-electron chi connectivity index (χ0n) is 13.5. The molecule has 0 aliphatic heterocycles. The Balaban J connectivity index is 1.70. The molecule has 0 saturated heterocycles. The van der Waals surface area contributed by atoms with Crippen LogP contribution >= 0.6 is 0 Å². The third kappa shape index (κ3) is 1.71. The summed E-state index contributed by atoms with van der Waals surface area (Å²) in [5.41, 5.74) is 1.01. The van der Waals surface area contributed by atoms with E-state index in [1.54, 1.807) is 0 Å². The number of halogens is 1. The van der Waals surface area contributed by atoms with Gasteiger partial charge in [0.15, 0.2) is 17.7 Å². The maximum Gasteiger partial charge on any atom is 0.173 e. The molecule has 0 aromatic rings. The lowest BCUT2D eigenvalue weighted by Crippen LogP contribution is -2.50. The van der Waals surface area contributed by atoms with Crippen LogP contribution in [0.1, 0.15) is 58.8 Å². The van der Waals surface area contributed by atoms with E-state index in [-0.39, 0.29) is 22.9 Å². The molecule has 2 nitrogen and oxygen atoms in total. The molecule has 0 spiro atoms. The Morgan fingerprint density at radius 2 is 1.82 bits per heavy atom. The summed E-state index contributed by atoms with van der Waals surface area (Å²) in [7, 11) is 0. The average Bonchev–Trinajstić information content (AvgIpc) is 2.72. The van der Waals surface area contributed by atoms with Gasteiger partial charge in [-0.2, -0.15) is 0 Å². The van der Waals surface area contributed by atoms with Crippen LogP contribution in [-0.2, 0) is 9.59 Å². The maximum absolute atomic E-state index is 14.1. The standard InChI is InChI=1S/C19H25FO2/c1-18-7-5-12(21)9-11(18)3-4-13-14(18)6-8-19(2)15(13)10-16(20)17(19)22/h9,13-16H,3-8,10H2,1-2H3/t13-,14+,15+,16+,18+,19+/m1/s1. The van der Waals surface area contributed by atoms with Gasteiger partial charge in [-0.1, -0.05) is 19.4 Å². The van der Waals surface area contributed by atoms with Crippen LogP contribution in [-0.4, -0.2) is 17.7 Å². The van der Waals surface area contributed by atoms with Gasteiger partial charge in [0.05, 0.1) is 0 Å². The highest BCUT2D eigenvalue weighted by molar-refractivity contribution is 5.92. The lowest BCUT2D eigenvalue weighted by molar-refractivity contribution is -0.135. The largest absolute Gasteiger partial charge is 0.296 e. The van der Waals surface area contributed by atoms with Crippen molar-refractivity contribution in [1.82, 2.24) is 0 Å². The minimum atomic E-state index is -1.24. The molecule has 4 aliphatic carbocycles. The molecular formula is C19H25FO2. The van der Waals surface area contributed by atoms with Gasteiger partial charge < -0.3 is 0 Å². The van der Waals surface area contributed by atoms with Crippen molar-refractivity contribution >= 4 is 11.6 Å². The summed E-state index contributed by atoms with van der Waals surface area (Å²) in [6, 6.07) is 0. The Labute approximate surface area is 131 Å². The fourth-order valence-corrected chi connectivity index (χ4v) is 6.31. The number of hydrogen-bond donors (Lipinski definition) is 0. The molecule has 22 heavy (non-hydrogen) atoms. The van der Waals surface area contributed by atoms with Crippen molar-refractivity contribution < 1.29 is 14.0 Å². The molecule has 0 bridgehead atoms. The van der Waals surface area contributed by atoms with Crippen LogP contribution in [0.3, 0.4) is 0 Å². The van der Waals surface area contributed by atoms with Gasteiger partial charge in [-0.25, -0.2) is 4.39 Å². The van der Waals surface area contributed by atoms with Crippen LogP contribution in [0.15, 0.2) is 11.6 Å². The first-order chi connectivity index (χ1) is 10.4. The van der Waals surface area contributed by atoms with Crippen LogP contribution in [0.4, 0.5) is 4.39 Å². The second-order valence-corrected chi connectivity index (χ2v) is 8.49. The van der Waals surface area contributed by atoms with Crippen LogP contribution in [0.5, 0.6) is 0 Å². The normalized spacial score (nSPS) is 51.0. The quantitative estimate of drug-likeness (QED) is 0.677. The van der Waals surface area contributed by atoms with E-state index in [1.807, 2.05) is 13.0 Å². The summed E-state index contributed by atoms with van der Waals surface area (Å²) in [4.78, 5) is 24.1. The van der Waals surface area contributed by atoms with E-state index < -0.39 is 11.6 Å². The highest BCUT2D eigenvalue weighted by Crippen LogP contribution is 2.64. The van der Waals surface area contributed by atoms with Crippen molar-refractivity contribution in [2.24, 2.45) is 28.6 Å². The van der Waals surface area contributed by atoms with Crippen molar-refractivity contribution in [3.05, 3.63) is 11.6 Å². The van der Waals surface area contributed by atoms with Gasteiger partial charge in [0.1, 0.15) is 0 Å². The first-order valence-electron chi connectivity index (χ1n) is 8.78. The fourth-order valence-electron chi connectivity index (χ4n) is 6.31. The molecule has 3 heteroatoms. The van der Waals surface area contributed by atoms with Gasteiger partial charge in [0, 0.05) is 11.8 Å². The van der Waals surface area contributed by atoms with Crippen molar-refractivity contribution in [3.8, 4) is 0 Å². The summed E-state index contributed by atoms with van der Waals surface area (Å²) < 4.78 is 14.1. The summed E-state index contributed by atoms with van der Waals surface area (Å²) in [6.45, 7) is 4.32. The number of Topliss-reactive ketones (excluding diaryl/α,β-unsaturated/α-hetero) is 1. The van der Waals surface area contributed by atoms with Crippen molar-refractivity contribution in [2.45, 2.75) is 65.0 Å². The highest BCUT2D eigenvalue weighted by Gasteiger charge is 2.61. The number of hydrogen-bond acceptors (Lipinski definition) is 2. The Morgan fingerprint density at radius 3 is 2.59 bits per heavy atom. The first-order valence-corrected chi connectivity index (χ1v) is 8.78. The molecule has 6 atom stereocenters. The number of fused-ring (bicyclic) bond motifs is 5. The topological polar surface area (TPSA) is 34.1 Å². The predicted octanol–water partition coefficient (Wildman–Crippen LogP) is 4.04. The lowest BCUT2D eigenvalue weighted by atomic mass is 9.47. The molecule has 0 aromatic heterocycles. The number of carbonyl (C=O) groups excluding carboxylic acids is 2. The van der Waals surface area contributed by atoms with E-state index in [0.717, 1.165) is 32.1 Å². The second kappa shape index (κ2) is 4.52. The van der Waals surface area contributed by atoms with Gasteiger partial charge in [-0.15, -0.1) is 0 Å². The molecule has 3 fully saturated rings. The van der Waals surface area contributed by atoms with Crippen LogP contribution in [0.2, 0.25) is 0 Å². The number of ketones is 2. The highest BCUT2D eigenvalue weighted by atomic mass is 19.1.